The maximum absolute atomic E-state index is 10.4. The van der Waals surface area contributed by atoms with E-state index in [4.69, 9.17) is 10.5 Å². The zero-order chi connectivity index (χ0) is 18.8. The van der Waals surface area contributed by atoms with Gasteiger partial charge in [0.05, 0.1) is 6.61 Å². The molecule has 6 N–H and O–H groups in total. The third-order valence-electron chi connectivity index (χ3n) is 6.72. The molecule has 27 heavy (non-hydrogen) atoms. The maximum Gasteiger partial charge on any atom is 0.162 e. The van der Waals surface area contributed by atoms with Gasteiger partial charge in [0.1, 0.15) is 37.0 Å². The monoisotopic (exact) mass is 378 g/mol. The van der Waals surface area contributed by atoms with E-state index in [1.807, 2.05) is 0 Å². The van der Waals surface area contributed by atoms with Crippen LogP contribution in [0.25, 0.3) is 0 Å². The van der Waals surface area contributed by atoms with E-state index in [2.05, 4.69) is 20.3 Å². The molecule has 8 atom stereocenters. The summed E-state index contributed by atoms with van der Waals surface area (Å²) in [6, 6.07) is 0. The molecule has 1 aliphatic carbocycles. The molecular formula is C17H26N6O4. The van der Waals surface area contributed by atoms with Gasteiger partial charge in [-0.3, -0.25) is 4.99 Å². The quantitative estimate of drug-likeness (QED) is 0.364. The number of ether oxygens (including phenoxy) is 1. The van der Waals surface area contributed by atoms with Crippen molar-refractivity contribution in [3.63, 3.8) is 0 Å². The minimum absolute atomic E-state index is 0.183. The predicted molar refractivity (Wildman–Crippen MR) is 97.3 cm³/mol. The number of aliphatic hydroxyl groups excluding tert-OH is 3. The SMILES string of the molecule is NC1(C2CC3CNCC2C3)N=CN=C2C1=NCN2[C@@H]1O[C@H](CO)[C@@H](O)[C@H]1O. The third kappa shape index (κ3) is 2.51. The Kier molecular flexibility index (Phi) is 4.12. The molecule has 0 spiro atoms. The molecule has 4 unspecified atom stereocenters. The Morgan fingerprint density at radius 1 is 1.30 bits per heavy atom. The minimum Gasteiger partial charge on any atom is -0.394 e. The van der Waals surface area contributed by atoms with Crippen LogP contribution in [0.5, 0.6) is 0 Å². The van der Waals surface area contributed by atoms with Gasteiger partial charge in [-0.1, -0.05) is 0 Å². The molecule has 0 radical (unpaired) electrons. The number of aliphatic hydroxyl groups is 3. The summed E-state index contributed by atoms with van der Waals surface area (Å²) in [5.74, 6) is 1.79. The summed E-state index contributed by atoms with van der Waals surface area (Å²) in [7, 11) is 0. The highest BCUT2D eigenvalue weighted by Gasteiger charge is 2.55. The van der Waals surface area contributed by atoms with Crippen molar-refractivity contribution in [2.45, 2.75) is 43.0 Å². The van der Waals surface area contributed by atoms with E-state index < -0.39 is 30.2 Å². The second-order valence-electron chi connectivity index (χ2n) is 8.23. The number of piperidine rings is 1. The molecular weight excluding hydrogens is 352 g/mol. The maximum atomic E-state index is 10.4. The van der Waals surface area contributed by atoms with Crippen molar-refractivity contribution < 1.29 is 20.1 Å². The number of fused-ring (bicyclic) bond motifs is 3. The van der Waals surface area contributed by atoms with Gasteiger partial charge in [-0.05, 0) is 37.8 Å². The Hall–Kier alpha value is -1.43. The van der Waals surface area contributed by atoms with Crippen molar-refractivity contribution in [3.05, 3.63) is 0 Å². The van der Waals surface area contributed by atoms with E-state index in [0.717, 1.165) is 25.9 Å². The lowest BCUT2D eigenvalue weighted by molar-refractivity contribution is -0.0688. The lowest BCUT2D eigenvalue weighted by atomic mass is 9.80. The van der Waals surface area contributed by atoms with Gasteiger partial charge in [-0.15, -0.1) is 0 Å². The van der Waals surface area contributed by atoms with Gasteiger partial charge in [-0.25, -0.2) is 9.98 Å². The molecule has 3 fully saturated rings. The Labute approximate surface area is 156 Å². The van der Waals surface area contributed by atoms with Crippen molar-refractivity contribution in [2.24, 2.45) is 38.5 Å². The number of amidine groups is 1. The number of aliphatic imine (C=N–C) groups is 3. The second kappa shape index (κ2) is 6.29. The largest absolute Gasteiger partial charge is 0.394 e. The summed E-state index contributed by atoms with van der Waals surface area (Å²) in [6.45, 7) is 1.81. The molecule has 5 rings (SSSR count). The fraction of sp³-hybridized carbons (Fsp3) is 0.824. The third-order valence-corrected chi connectivity index (χ3v) is 6.72. The molecule has 2 bridgehead atoms. The number of hydrogen-bond acceptors (Lipinski definition) is 10. The van der Waals surface area contributed by atoms with Gasteiger partial charge >= 0.3 is 0 Å². The second-order valence-corrected chi connectivity index (χ2v) is 8.23. The highest BCUT2D eigenvalue weighted by atomic mass is 16.6. The normalized spacial score (nSPS) is 48.6. The van der Waals surface area contributed by atoms with Crippen LogP contribution in [0, 0.1) is 17.8 Å². The van der Waals surface area contributed by atoms with Gasteiger partial charge in [0.25, 0.3) is 0 Å². The average Bonchev–Trinajstić information content (AvgIpc) is 3.31. The van der Waals surface area contributed by atoms with Crippen LogP contribution < -0.4 is 11.1 Å². The van der Waals surface area contributed by atoms with E-state index in [9.17, 15) is 15.3 Å². The predicted octanol–water partition coefficient (Wildman–Crippen LogP) is -2.52. The van der Waals surface area contributed by atoms with E-state index in [0.29, 0.717) is 23.4 Å². The first kappa shape index (κ1) is 17.7. The summed E-state index contributed by atoms with van der Waals surface area (Å²) in [4.78, 5) is 15.3. The standard InChI is InChI=1S/C17H26N6O4/c18-17(10-2-8-1-9(10)4-19-3-8)14-15(20-6-22-17)23(7-21-14)16-13(26)12(25)11(5-24)27-16/h6,8-13,16,19,24-26H,1-5,7,18H2/t8?,9?,10?,11-,12-,13-,16-,17?/m1/s1. The van der Waals surface area contributed by atoms with Crippen LogP contribution in [-0.4, -0.2) is 94.7 Å². The first-order valence-corrected chi connectivity index (χ1v) is 9.58. The van der Waals surface area contributed by atoms with Gasteiger partial charge in [0, 0.05) is 5.92 Å². The van der Waals surface area contributed by atoms with Crippen LogP contribution in [0.4, 0.5) is 0 Å². The number of nitrogens with one attached hydrogen (secondary N) is 1. The topological polar surface area (TPSA) is 148 Å². The fourth-order valence-electron chi connectivity index (χ4n) is 5.36. The molecule has 4 heterocycles. The molecule has 0 aromatic heterocycles. The number of rotatable bonds is 3. The molecule has 5 aliphatic rings. The molecule has 0 aromatic carbocycles. The smallest absolute Gasteiger partial charge is 0.162 e. The highest BCUT2D eigenvalue weighted by molar-refractivity contribution is 6.47. The van der Waals surface area contributed by atoms with Gasteiger partial charge in [0.2, 0.25) is 0 Å². The summed E-state index contributed by atoms with van der Waals surface area (Å²) < 4.78 is 5.66. The molecule has 148 valence electrons. The molecule has 2 saturated heterocycles. The Morgan fingerprint density at radius 3 is 2.89 bits per heavy atom. The summed E-state index contributed by atoms with van der Waals surface area (Å²) in [6.07, 6.45) is -0.364. The van der Waals surface area contributed by atoms with Crippen LogP contribution in [0.2, 0.25) is 0 Å². The number of nitrogens with two attached hydrogens (primary N) is 1. The zero-order valence-electron chi connectivity index (χ0n) is 15.0. The fourth-order valence-corrected chi connectivity index (χ4v) is 5.36. The lowest BCUT2D eigenvalue weighted by Crippen LogP contribution is -2.60. The number of nitrogens with zero attached hydrogens (tertiary/aromatic N) is 4. The number of hydrogen-bond donors (Lipinski definition) is 5. The van der Waals surface area contributed by atoms with Crippen molar-refractivity contribution in [3.8, 4) is 0 Å². The molecule has 0 amide bonds. The van der Waals surface area contributed by atoms with Crippen LogP contribution in [0.3, 0.4) is 0 Å². The Bertz CT molecular complexity index is 714. The summed E-state index contributed by atoms with van der Waals surface area (Å²) in [5, 5.41) is 33.2. The van der Waals surface area contributed by atoms with Crippen molar-refractivity contribution >= 4 is 17.9 Å². The van der Waals surface area contributed by atoms with Crippen molar-refractivity contribution in [1.29, 1.82) is 0 Å². The molecule has 10 heteroatoms. The Morgan fingerprint density at radius 2 is 2.15 bits per heavy atom. The van der Waals surface area contributed by atoms with Gasteiger partial charge < -0.3 is 36.0 Å². The zero-order valence-corrected chi connectivity index (χ0v) is 15.0. The summed E-state index contributed by atoms with van der Waals surface area (Å²) in [5.41, 5.74) is 6.52. The van der Waals surface area contributed by atoms with Crippen LogP contribution in [0.1, 0.15) is 12.8 Å². The van der Waals surface area contributed by atoms with E-state index in [1.54, 1.807) is 4.90 Å². The Balaban J connectivity index is 1.41. The molecule has 4 aliphatic heterocycles. The lowest BCUT2D eigenvalue weighted by Gasteiger charge is -2.38. The summed E-state index contributed by atoms with van der Waals surface area (Å²) >= 11 is 0. The van der Waals surface area contributed by atoms with Crippen LogP contribution in [-0.2, 0) is 4.74 Å². The molecule has 1 saturated carbocycles. The first-order valence-electron chi connectivity index (χ1n) is 9.58. The average molecular weight is 378 g/mol. The first-order chi connectivity index (χ1) is 13.0. The highest BCUT2D eigenvalue weighted by Crippen LogP contribution is 2.45. The molecule has 10 nitrogen and oxygen atoms in total. The van der Waals surface area contributed by atoms with E-state index in [1.165, 1.54) is 6.34 Å². The molecule has 0 aromatic rings. The van der Waals surface area contributed by atoms with E-state index >= 15 is 0 Å². The van der Waals surface area contributed by atoms with Crippen molar-refractivity contribution in [2.75, 3.05) is 26.4 Å². The van der Waals surface area contributed by atoms with Gasteiger partial charge in [0.15, 0.2) is 17.7 Å². The van der Waals surface area contributed by atoms with Crippen LogP contribution >= 0.6 is 0 Å². The minimum atomic E-state index is -1.17. The van der Waals surface area contributed by atoms with Gasteiger partial charge in [-0.2, -0.15) is 0 Å². The van der Waals surface area contributed by atoms with Crippen molar-refractivity contribution in [1.82, 2.24) is 10.2 Å². The van der Waals surface area contributed by atoms with Crippen LogP contribution in [0.15, 0.2) is 15.0 Å². The van der Waals surface area contributed by atoms with E-state index in [-0.39, 0.29) is 19.2 Å².